The Bertz CT molecular complexity index is 427. The van der Waals surface area contributed by atoms with E-state index >= 15 is 0 Å². The number of hydrogen-bond acceptors (Lipinski definition) is 2. The molecule has 110 valence electrons. The van der Waals surface area contributed by atoms with E-state index in [1.165, 1.54) is 24.8 Å². The lowest BCUT2D eigenvalue weighted by atomic mass is 9.64. The molecule has 1 aromatic carbocycles. The van der Waals surface area contributed by atoms with Crippen molar-refractivity contribution in [1.29, 1.82) is 0 Å². The molecule has 0 bridgehead atoms. The summed E-state index contributed by atoms with van der Waals surface area (Å²) >= 11 is 0. The first-order valence-corrected chi connectivity index (χ1v) is 7.49. The fraction of sp³-hybridized carbons (Fsp3) is 0.562. The largest absolute Gasteiger partial charge is 0.395 e. The molecule has 0 saturated heterocycles. The summed E-state index contributed by atoms with van der Waals surface area (Å²) in [5.74, 6) is 0.795. The summed E-state index contributed by atoms with van der Waals surface area (Å²) in [6.07, 6.45) is 3.70. The van der Waals surface area contributed by atoms with Crippen LogP contribution in [0.3, 0.4) is 0 Å². The molecule has 20 heavy (non-hydrogen) atoms. The van der Waals surface area contributed by atoms with Gasteiger partial charge in [0, 0.05) is 18.5 Å². The van der Waals surface area contributed by atoms with Crippen molar-refractivity contribution in [2.24, 2.45) is 4.99 Å². The number of guanidine groups is 1. The van der Waals surface area contributed by atoms with Crippen LogP contribution < -0.4 is 10.6 Å². The lowest BCUT2D eigenvalue weighted by Gasteiger charge is -2.41. The van der Waals surface area contributed by atoms with Gasteiger partial charge in [-0.25, -0.2) is 0 Å². The maximum Gasteiger partial charge on any atom is 0.191 e. The predicted octanol–water partition coefficient (Wildman–Crippen LogP) is 1.66. The molecular formula is C16H25N3O. The normalized spacial score (nSPS) is 17.4. The number of rotatable bonds is 6. The molecule has 2 rings (SSSR count). The topological polar surface area (TPSA) is 56.7 Å². The maximum atomic E-state index is 8.90. The van der Waals surface area contributed by atoms with Crippen LogP contribution in [-0.4, -0.2) is 37.3 Å². The Balaban J connectivity index is 2.05. The molecule has 4 nitrogen and oxygen atoms in total. The van der Waals surface area contributed by atoms with Gasteiger partial charge in [-0.05, 0) is 25.3 Å². The first kappa shape index (κ1) is 14.9. The van der Waals surface area contributed by atoms with Gasteiger partial charge in [-0.15, -0.1) is 0 Å². The summed E-state index contributed by atoms with van der Waals surface area (Å²) in [5.41, 5.74) is 1.61. The highest BCUT2D eigenvalue weighted by molar-refractivity contribution is 5.79. The first-order valence-electron chi connectivity index (χ1n) is 7.49. The molecule has 1 saturated carbocycles. The SMILES string of the molecule is CCNC(=NCC1(c2ccccc2)CCC1)NCCO. The molecule has 0 amide bonds. The van der Waals surface area contributed by atoms with E-state index in [0.29, 0.717) is 6.54 Å². The molecule has 3 N–H and O–H groups in total. The molecule has 1 fully saturated rings. The van der Waals surface area contributed by atoms with Gasteiger partial charge in [0.15, 0.2) is 5.96 Å². The van der Waals surface area contributed by atoms with Gasteiger partial charge < -0.3 is 15.7 Å². The Hall–Kier alpha value is -1.55. The average Bonchev–Trinajstić information content (AvgIpc) is 2.44. The minimum atomic E-state index is 0.119. The Labute approximate surface area is 121 Å². The molecular weight excluding hydrogens is 250 g/mol. The van der Waals surface area contributed by atoms with E-state index in [9.17, 15) is 0 Å². The molecule has 0 aromatic heterocycles. The minimum absolute atomic E-state index is 0.119. The summed E-state index contributed by atoms with van der Waals surface area (Å²) < 4.78 is 0. The highest BCUT2D eigenvalue weighted by Crippen LogP contribution is 2.43. The van der Waals surface area contributed by atoms with E-state index in [2.05, 4.69) is 41.0 Å². The number of aliphatic hydroxyl groups is 1. The van der Waals surface area contributed by atoms with Crippen LogP contribution in [0.5, 0.6) is 0 Å². The van der Waals surface area contributed by atoms with Gasteiger partial charge in [0.1, 0.15) is 0 Å². The van der Waals surface area contributed by atoms with Crippen LogP contribution in [0.25, 0.3) is 0 Å². The number of nitrogens with one attached hydrogen (secondary N) is 2. The summed E-state index contributed by atoms with van der Waals surface area (Å²) in [4.78, 5) is 4.70. The molecule has 1 aliphatic carbocycles. The second-order valence-electron chi connectivity index (χ2n) is 5.35. The molecule has 0 spiro atoms. The van der Waals surface area contributed by atoms with Gasteiger partial charge >= 0.3 is 0 Å². The zero-order chi connectivity index (χ0) is 14.3. The van der Waals surface area contributed by atoms with Crippen molar-refractivity contribution in [2.45, 2.75) is 31.6 Å². The molecule has 0 unspecified atom stereocenters. The van der Waals surface area contributed by atoms with Crippen LogP contribution in [0.4, 0.5) is 0 Å². The Morgan fingerprint density at radius 3 is 2.55 bits per heavy atom. The van der Waals surface area contributed by atoms with Crippen LogP contribution in [0.1, 0.15) is 31.7 Å². The monoisotopic (exact) mass is 275 g/mol. The standard InChI is InChI=1S/C16H25N3O/c1-2-17-15(18-11-12-20)19-13-16(9-6-10-16)14-7-4-3-5-8-14/h3-5,7-8,20H,2,6,9-13H2,1H3,(H2,17,18,19). The number of aliphatic hydroxyl groups excluding tert-OH is 1. The molecule has 1 aliphatic rings. The van der Waals surface area contributed by atoms with E-state index in [0.717, 1.165) is 19.0 Å². The third kappa shape index (κ3) is 3.51. The third-order valence-corrected chi connectivity index (χ3v) is 3.99. The van der Waals surface area contributed by atoms with E-state index < -0.39 is 0 Å². The van der Waals surface area contributed by atoms with Crippen molar-refractivity contribution in [2.75, 3.05) is 26.2 Å². The van der Waals surface area contributed by atoms with Gasteiger partial charge in [-0.1, -0.05) is 36.8 Å². The van der Waals surface area contributed by atoms with Gasteiger partial charge in [-0.3, -0.25) is 4.99 Å². The lowest BCUT2D eigenvalue weighted by molar-refractivity contribution is 0.253. The van der Waals surface area contributed by atoms with Crippen LogP contribution in [-0.2, 0) is 5.41 Å². The van der Waals surface area contributed by atoms with E-state index in [1.807, 2.05) is 6.92 Å². The Morgan fingerprint density at radius 2 is 2.00 bits per heavy atom. The predicted molar refractivity (Wildman–Crippen MR) is 83.0 cm³/mol. The van der Waals surface area contributed by atoms with Gasteiger partial charge in [0.2, 0.25) is 0 Å². The quantitative estimate of drug-likeness (QED) is 0.546. The van der Waals surface area contributed by atoms with Crippen molar-refractivity contribution < 1.29 is 5.11 Å². The second kappa shape index (κ2) is 7.29. The molecule has 0 heterocycles. The number of benzene rings is 1. The van der Waals surface area contributed by atoms with Crippen molar-refractivity contribution in [3.05, 3.63) is 35.9 Å². The molecule has 0 radical (unpaired) electrons. The fourth-order valence-corrected chi connectivity index (χ4v) is 2.68. The number of hydrogen-bond donors (Lipinski definition) is 3. The average molecular weight is 275 g/mol. The van der Waals surface area contributed by atoms with Gasteiger partial charge in [0.05, 0.1) is 13.2 Å². The maximum absolute atomic E-state index is 8.90. The van der Waals surface area contributed by atoms with Gasteiger partial charge in [-0.2, -0.15) is 0 Å². The van der Waals surface area contributed by atoms with Crippen molar-refractivity contribution in [3.63, 3.8) is 0 Å². The van der Waals surface area contributed by atoms with Crippen LogP contribution in [0.2, 0.25) is 0 Å². The van der Waals surface area contributed by atoms with Crippen molar-refractivity contribution in [1.82, 2.24) is 10.6 Å². The third-order valence-electron chi connectivity index (χ3n) is 3.99. The Morgan fingerprint density at radius 1 is 1.25 bits per heavy atom. The van der Waals surface area contributed by atoms with E-state index in [4.69, 9.17) is 10.1 Å². The summed E-state index contributed by atoms with van der Waals surface area (Å²) in [6, 6.07) is 10.7. The van der Waals surface area contributed by atoms with Crippen LogP contribution in [0.15, 0.2) is 35.3 Å². The fourth-order valence-electron chi connectivity index (χ4n) is 2.68. The van der Waals surface area contributed by atoms with Crippen molar-refractivity contribution >= 4 is 5.96 Å². The smallest absolute Gasteiger partial charge is 0.191 e. The Kier molecular flexibility index (Phi) is 5.41. The summed E-state index contributed by atoms with van der Waals surface area (Å²) in [7, 11) is 0. The minimum Gasteiger partial charge on any atom is -0.395 e. The first-order chi connectivity index (χ1) is 9.80. The van der Waals surface area contributed by atoms with Crippen molar-refractivity contribution in [3.8, 4) is 0 Å². The van der Waals surface area contributed by atoms with Gasteiger partial charge in [0.25, 0.3) is 0 Å². The van der Waals surface area contributed by atoms with Crippen LogP contribution in [0, 0.1) is 0 Å². The number of nitrogens with zero attached hydrogens (tertiary/aromatic N) is 1. The number of aliphatic imine (C=N–C) groups is 1. The zero-order valence-corrected chi connectivity index (χ0v) is 12.2. The molecule has 1 aromatic rings. The molecule has 0 aliphatic heterocycles. The van der Waals surface area contributed by atoms with Crippen LogP contribution >= 0.6 is 0 Å². The summed E-state index contributed by atoms with van der Waals surface area (Å²) in [5, 5.41) is 15.3. The van der Waals surface area contributed by atoms with E-state index in [1.54, 1.807) is 0 Å². The highest BCUT2D eigenvalue weighted by Gasteiger charge is 2.38. The van der Waals surface area contributed by atoms with E-state index in [-0.39, 0.29) is 12.0 Å². The molecule has 4 heteroatoms. The lowest BCUT2D eigenvalue weighted by Crippen LogP contribution is -2.42. The summed E-state index contributed by atoms with van der Waals surface area (Å²) in [6.45, 7) is 4.33. The zero-order valence-electron chi connectivity index (χ0n) is 12.2. The molecule has 0 atom stereocenters. The highest BCUT2D eigenvalue weighted by atomic mass is 16.3. The second-order valence-corrected chi connectivity index (χ2v) is 5.35.